The van der Waals surface area contributed by atoms with Crippen molar-refractivity contribution in [3.05, 3.63) is 71.8 Å². The van der Waals surface area contributed by atoms with Gasteiger partial charge < -0.3 is 10.2 Å². The Kier molecular flexibility index (Phi) is 6.64. The summed E-state index contributed by atoms with van der Waals surface area (Å²) < 4.78 is 0. The average molecular weight is 419 g/mol. The zero-order valence-corrected chi connectivity index (χ0v) is 18.0. The van der Waals surface area contributed by atoms with E-state index in [0.717, 1.165) is 46.6 Å². The van der Waals surface area contributed by atoms with Crippen LogP contribution in [0.3, 0.4) is 0 Å². The molecule has 0 aliphatic carbocycles. The monoisotopic (exact) mass is 418 g/mol. The van der Waals surface area contributed by atoms with Crippen LogP contribution in [0, 0.1) is 0 Å². The van der Waals surface area contributed by atoms with Crippen molar-refractivity contribution in [3.63, 3.8) is 0 Å². The lowest BCUT2D eigenvalue weighted by molar-refractivity contribution is 0.0956. The van der Waals surface area contributed by atoms with Crippen molar-refractivity contribution in [2.24, 2.45) is 0 Å². The summed E-state index contributed by atoms with van der Waals surface area (Å²) in [5.74, 6) is 1.73. The molecule has 2 heterocycles. The highest BCUT2D eigenvalue weighted by Crippen LogP contribution is 2.28. The summed E-state index contributed by atoms with van der Waals surface area (Å²) in [6.07, 6.45) is 2.43. The van der Waals surface area contributed by atoms with Crippen molar-refractivity contribution in [3.8, 4) is 11.3 Å². The molecule has 1 aliphatic heterocycles. The maximum atomic E-state index is 11.9. The Hall–Kier alpha value is -2.86. The molecule has 0 unspecified atom stereocenters. The smallest absolute Gasteiger partial charge is 0.251 e. The van der Waals surface area contributed by atoms with Gasteiger partial charge in [-0.05, 0) is 37.5 Å². The molecule has 0 atom stereocenters. The van der Waals surface area contributed by atoms with Crippen LogP contribution in [0.15, 0.2) is 65.8 Å². The van der Waals surface area contributed by atoms with Gasteiger partial charge in [0.1, 0.15) is 5.82 Å². The number of carbonyl (C=O) groups excluding carboxylic acids is 1. The van der Waals surface area contributed by atoms with E-state index in [2.05, 4.69) is 28.4 Å². The third-order valence-corrected chi connectivity index (χ3v) is 6.03. The molecule has 5 nitrogen and oxygen atoms in total. The molecule has 1 amide bonds. The molecular weight excluding hydrogens is 392 g/mol. The lowest BCUT2D eigenvalue weighted by Gasteiger charge is -2.18. The second-order valence-electron chi connectivity index (χ2n) is 7.30. The number of anilines is 1. The first-order valence-electron chi connectivity index (χ1n) is 10.4. The first kappa shape index (κ1) is 20.4. The predicted molar refractivity (Wildman–Crippen MR) is 123 cm³/mol. The van der Waals surface area contributed by atoms with Crippen LogP contribution in [0.1, 0.15) is 35.7 Å². The van der Waals surface area contributed by atoms with Gasteiger partial charge in [0.05, 0.1) is 5.69 Å². The standard InChI is InChI=1S/C24H26N4OS/c1-2-25-23(29)20-12-10-18(11-13-20)17-30-24-26-21(19-8-4-3-5-9-19)16-22(27-24)28-14-6-7-15-28/h3-5,8-13,16H,2,6-7,14-15,17H2,1H3,(H,25,29). The lowest BCUT2D eigenvalue weighted by Crippen LogP contribution is -2.22. The molecule has 3 aromatic rings. The number of aromatic nitrogens is 2. The van der Waals surface area contributed by atoms with Gasteiger partial charge in [0.25, 0.3) is 5.91 Å². The second-order valence-corrected chi connectivity index (χ2v) is 8.24. The summed E-state index contributed by atoms with van der Waals surface area (Å²) in [7, 11) is 0. The van der Waals surface area contributed by atoms with Gasteiger partial charge in [-0.3, -0.25) is 4.79 Å². The van der Waals surface area contributed by atoms with Crippen molar-refractivity contribution < 1.29 is 4.79 Å². The molecule has 30 heavy (non-hydrogen) atoms. The Balaban J connectivity index is 1.53. The van der Waals surface area contributed by atoms with Crippen LogP contribution < -0.4 is 10.2 Å². The van der Waals surface area contributed by atoms with Crippen LogP contribution in [-0.2, 0) is 5.75 Å². The number of hydrogen-bond acceptors (Lipinski definition) is 5. The average Bonchev–Trinajstić information content (AvgIpc) is 3.34. The SMILES string of the molecule is CCNC(=O)c1ccc(CSc2nc(-c3ccccc3)cc(N3CCCC3)n2)cc1. The molecule has 1 N–H and O–H groups in total. The second kappa shape index (κ2) is 9.76. The number of benzene rings is 2. The Morgan fingerprint density at radius 3 is 2.47 bits per heavy atom. The maximum absolute atomic E-state index is 11.9. The van der Waals surface area contributed by atoms with Crippen LogP contribution in [0.4, 0.5) is 5.82 Å². The molecule has 4 rings (SSSR count). The van der Waals surface area contributed by atoms with Gasteiger partial charge >= 0.3 is 0 Å². The molecule has 1 saturated heterocycles. The van der Waals surface area contributed by atoms with E-state index in [1.165, 1.54) is 12.8 Å². The number of nitrogens with one attached hydrogen (secondary N) is 1. The number of nitrogens with zero attached hydrogens (tertiary/aromatic N) is 3. The number of carbonyl (C=O) groups is 1. The Morgan fingerprint density at radius 1 is 1.03 bits per heavy atom. The molecule has 0 saturated carbocycles. The molecule has 1 aliphatic rings. The molecule has 0 spiro atoms. The highest BCUT2D eigenvalue weighted by Gasteiger charge is 2.17. The summed E-state index contributed by atoms with van der Waals surface area (Å²) >= 11 is 1.63. The summed E-state index contributed by atoms with van der Waals surface area (Å²) in [4.78, 5) is 23.9. The predicted octanol–water partition coefficient (Wildman–Crippen LogP) is 4.79. The molecular formula is C24H26N4OS. The van der Waals surface area contributed by atoms with E-state index in [4.69, 9.17) is 9.97 Å². The van der Waals surface area contributed by atoms with E-state index in [0.29, 0.717) is 12.1 Å². The van der Waals surface area contributed by atoms with Crippen molar-refractivity contribution >= 4 is 23.5 Å². The number of hydrogen-bond donors (Lipinski definition) is 1. The van der Waals surface area contributed by atoms with E-state index in [1.54, 1.807) is 11.8 Å². The van der Waals surface area contributed by atoms with Crippen LogP contribution >= 0.6 is 11.8 Å². The van der Waals surface area contributed by atoms with E-state index >= 15 is 0 Å². The molecule has 0 radical (unpaired) electrons. The topological polar surface area (TPSA) is 58.1 Å². The van der Waals surface area contributed by atoms with E-state index < -0.39 is 0 Å². The Bertz CT molecular complexity index is 986. The number of amides is 1. The van der Waals surface area contributed by atoms with Crippen LogP contribution in [0.25, 0.3) is 11.3 Å². The van der Waals surface area contributed by atoms with Crippen molar-refractivity contribution in [2.45, 2.75) is 30.7 Å². The van der Waals surface area contributed by atoms with Gasteiger partial charge in [0.15, 0.2) is 5.16 Å². The summed E-state index contributed by atoms with van der Waals surface area (Å²) in [5.41, 5.74) is 3.89. The molecule has 6 heteroatoms. The van der Waals surface area contributed by atoms with Gasteiger partial charge in [0, 0.05) is 42.6 Å². The zero-order chi connectivity index (χ0) is 20.8. The van der Waals surface area contributed by atoms with Gasteiger partial charge in [-0.25, -0.2) is 9.97 Å². The molecule has 1 fully saturated rings. The van der Waals surface area contributed by atoms with E-state index in [1.807, 2.05) is 49.4 Å². The fourth-order valence-electron chi connectivity index (χ4n) is 3.51. The molecule has 1 aromatic heterocycles. The fourth-order valence-corrected chi connectivity index (χ4v) is 4.31. The van der Waals surface area contributed by atoms with Crippen molar-refractivity contribution in [2.75, 3.05) is 24.5 Å². The Labute approximate surface area is 181 Å². The quantitative estimate of drug-likeness (QED) is 0.442. The maximum Gasteiger partial charge on any atom is 0.251 e. The normalized spacial score (nSPS) is 13.4. The molecule has 154 valence electrons. The highest BCUT2D eigenvalue weighted by molar-refractivity contribution is 7.98. The Morgan fingerprint density at radius 2 is 1.77 bits per heavy atom. The minimum atomic E-state index is -0.0362. The zero-order valence-electron chi connectivity index (χ0n) is 17.2. The van der Waals surface area contributed by atoms with Crippen molar-refractivity contribution in [1.82, 2.24) is 15.3 Å². The van der Waals surface area contributed by atoms with Gasteiger partial charge in [-0.15, -0.1) is 0 Å². The van der Waals surface area contributed by atoms with Gasteiger partial charge in [0.2, 0.25) is 0 Å². The highest BCUT2D eigenvalue weighted by atomic mass is 32.2. The van der Waals surface area contributed by atoms with Crippen LogP contribution in [-0.4, -0.2) is 35.5 Å². The molecule has 0 bridgehead atoms. The third kappa shape index (κ3) is 5.00. The van der Waals surface area contributed by atoms with Crippen LogP contribution in [0.2, 0.25) is 0 Å². The fraction of sp³-hybridized carbons (Fsp3) is 0.292. The number of thioether (sulfide) groups is 1. The summed E-state index contributed by atoms with van der Waals surface area (Å²) in [6, 6.07) is 20.1. The first-order chi connectivity index (χ1) is 14.7. The van der Waals surface area contributed by atoms with Crippen LogP contribution in [0.5, 0.6) is 0 Å². The van der Waals surface area contributed by atoms with Gasteiger partial charge in [-0.1, -0.05) is 54.2 Å². The minimum Gasteiger partial charge on any atom is -0.356 e. The lowest BCUT2D eigenvalue weighted by atomic mass is 10.1. The number of rotatable bonds is 7. The van der Waals surface area contributed by atoms with Gasteiger partial charge in [-0.2, -0.15) is 0 Å². The third-order valence-electron chi connectivity index (χ3n) is 5.11. The minimum absolute atomic E-state index is 0.0362. The largest absolute Gasteiger partial charge is 0.356 e. The summed E-state index contributed by atoms with van der Waals surface area (Å²) in [6.45, 7) is 4.65. The van der Waals surface area contributed by atoms with Crippen molar-refractivity contribution in [1.29, 1.82) is 0 Å². The molecule has 2 aromatic carbocycles. The van der Waals surface area contributed by atoms with E-state index in [9.17, 15) is 4.79 Å². The first-order valence-corrected chi connectivity index (χ1v) is 11.4. The summed E-state index contributed by atoms with van der Waals surface area (Å²) in [5, 5.41) is 3.61. The van der Waals surface area contributed by atoms with E-state index in [-0.39, 0.29) is 5.91 Å².